The lowest BCUT2D eigenvalue weighted by Gasteiger charge is -1.95. The minimum atomic E-state index is -0.639. The van der Waals surface area contributed by atoms with Gasteiger partial charge in [-0.3, -0.25) is 4.79 Å². The van der Waals surface area contributed by atoms with Gasteiger partial charge in [-0.15, -0.1) is 0 Å². The van der Waals surface area contributed by atoms with Crippen molar-refractivity contribution < 1.29 is 9.53 Å². The van der Waals surface area contributed by atoms with Crippen molar-refractivity contribution in [3.8, 4) is 6.07 Å². The van der Waals surface area contributed by atoms with Crippen LogP contribution in [-0.2, 0) is 9.53 Å². The predicted octanol–water partition coefficient (Wildman–Crippen LogP) is 0.319. The molecule has 44 valence electrons. The maximum absolute atomic E-state index is 10.3. The Morgan fingerprint density at radius 2 is 2.38 bits per heavy atom. The minimum Gasteiger partial charge on any atom is -0.468 e. The molecule has 0 spiro atoms. The molecular weight excluding hydrogens is 106 g/mol. The van der Waals surface area contributed by atoms with E-state index in [2.05, 4.69) is 4.74 Å². The minimum absolute atomic E-state index is 0.479. The average molecular weight is 113 g/mol. The van der Waals surface area contributed by atoms with Crippen molar-refractivity contribution in [1.82, 2.24) is 0 Å². The molecule has 0 rings (SSSR count). The van der Waals surface area contributed by atoms with E-state index in [9.17, 15) is 4.79 Å². The number of carbonyl (C=O) groups excluding carboxylic acids is 1. The van der Waals surface area contributed by atoms with Crippen LogP contribution in [0.5, 0.6) is 0 Å². The summed E-state index contributed by atoms with van der Waals surface area (Å²) in [5.41, 5.74) is 0. The normalized spacial score (nSPS) is 11.6. The second-order valence-corrected chi connectivity index (χ2v) is 1.37. The molecule has 8 heavy (non-hydrogen) atoms. The number of hydrogen-bond donors (Lipinski definition) is 0. The summed E-state index contributed by atoms with van der Waals surface area (Å²) in [4.78, 5) is 10.3. The molecule has 0 aliphatic carbocycles. The first-order valence-electron chi connectivity index (χ1n) is 2.19. The average Bonchev–Trinajstić information content (AvgIpc) is 1.84. The third kappa shape index (κ3) is 1.61. The smallest absolute Gasteiger partial charge is 0.322 e. The molecule has 0 aliphatic heterocycles. The molecule has 0 fully saturated rings. The summed E-state index contributed by atoms with van der Waals surface area (Å²) in [5.74, 6) is -1.12. The highest BCUT2D eigenvalue weighted by atomic mass is 16.5. The summed E-state index contributed by atoms with van der Waals surface area (Å²) in [6, 6.07) is 1.74. The molecule has 0 saturated heterocycles. The Labute approximate surface area is 47.9 Å². The summed E-state index contributed by atoms with van der Waals surface area (Å²) in [7, 11) is 1.26. The molecule has 0 amide bonds. The monoisotopic (exact) mass is 113 g/mol. The second kappa shape index (κ2) is 3.03. The molecule has 0 radical (unpaired) electrons. The predicted molar refractivity (Wildman–Crippen MR) is 26.8 cm³/mol. The number of esters is 1. The van der Waals surface area contributed by atoms with Gasteiger partial charge in [0, 0.05) is 0 Å². The first-order chi connectivity index (χ1) is 3.72. The lowest BCUT2D eigenvalue weighted by Crippen LogP contribution is -2.09. The van der Waals surface area contributed by atoms with E-state index in [0.29, 0.717) is 0 Å². The highest BCUT2D eigenvalue weighted by Gasteiger charge is 2.09. The Balaban J connectivity index is 3.68. The number of ether oxygens (including phenoxy) is 1. The maximum Gasteiger partial charge on any atom is 0.322 e. The zero-order valence-corrected chi connectivity index (χ0v) is 4.84. The second-order valence-electron chi connectivity index (χ2n) is 1.37. The summed E-state index contributed by atoms with van der Waals surface area (Å²) in [5, 5.41) is 8.09. The maximum atomic E-state index is 10.3. The van der Waals surface area contributed by atoms with Gasteiger partial charge in [0.2, 0.25) is 0 Å². The van der Waals surface area contributed by atoms with E-state index >= 15 is 0 Å². The Bertz CT molecular complexity index is 125. The zero-order chi connectivity index (χ0) is 6.57. The van der Waals surface area contributed by atoms with Crippen LogP contribution >= 0.6 is 0 Å². The van der Waals surface area contributed by atoms with Crippen LogP contribution in [0.25, 0.3) is 0 Å². The molecule has 0 aromatic rings. The van der Waals surface area contributed by atoms with E-state index in [1.807, 2.05) is 0 Å². The van der Waals surface area contributed by atoms with E-state index < -0.39 is 11.9 Å². The third-order valence-electron chi connectivity index (χ3n) is 0.748. The molecule has 0 unspecified atom stereocenters. The molecule has 0 N–H and O–H groups in total. The van der Waals surface area contributed by atoms with Gasteiger partial charge in [-0.1, -0.05) is 0 Å². The standard InChI is InChI=1S/C5H7NO2/c1-4(3-6)5(7)8-2/h4H,1-2H3/t4-/m1/s1. The third-order valence-corrected chi connectivity index (χ3v) is 0.748. The lowest BCUT2D eigenvalue weighted by atomic mass is 10.2. The Morgan fingerprint density at radius 1 is 1.88 bits per heavy atom. The van der Waals surface area contributed by atoms with Crippen LogP contribution in [0, 0.1) is 17.2 Å². The van der Waals surface area contributed by atoms with Crippen LogP contribution < -0.4 is 0 Å². The molecule has 3 heteroatoms. The molecule has 3 nitrogen and oxygen atoms in total. The Kier molecular flexibility index (Phi) is 2.63. The lowest BCUT2D eigenvalue weighted by molar-refractivity contribution is -0.142. The van der Waals surface area contributed by atoms with Gasteiger partial charge in [-0.2, -0.15) is 5.26 Å². The molecule has 0 aromatic carbocycles. The summed E-state index contributed by atoms with van der Waals surface area (Å²) in [6.45, 7) is 1.49. The van der Waals surface area contributed by atoms with Crippen LogP contribution in [0.15, 0.2) is 0 Å². The number of hydrogen-bond acceptors (Lipinski definition) is 3. The van der Waals surface area contributed by atoms with Crippen LogP contribution in [0.1, 0.15) is 6.92 Å². The fraction of sp³-hybridized carbons (Fsp3) is 0.600. The first-order valence-corrected chi connectivity index (χ1v) is 2.19. The van der Waals surface area contributed by atoms with Crippen LogP contribution in [0.2, 0.25) is 0 Å². The van der Waals surface area contributed by atoms with Gasteiger partial charge < -0.3 is 4.74 Å². The van der Waals surface area contributed by atoms with Crippen molar-refractivity contribution in [2.45, 2.75) is 6.92 Å². The SMILES string of the molecule is COC(=O)[C@H](C)C#N. The van der Waals surface area contributed by atoms with Crippen LogP contribution in [0.3, 0.4) is 0 Å². The van der Waals surface area contributed by atoms with E-state index in [4.69, 9.17) is 5.26 Å². The summed E-state index contributed by atoms with van der Waals surface area (Å²) >= 11 is 0. The number of methoxy groups -OCH3 is 1. The fourth-order valence-electron chi connectivity index (χ4n) is 0.229. The number of nitriles is 1. The molecule has 0 saturated carbocycles. The number of rotatable bonds is 1. The van der Waals surface area contributed by atoms with Crippen molar-refractivity contribution in [3.63, 3.8) is 0 Å². The first kappa shape index (κ1) is 6.96. The largest absolute Gasteiger partial charge is 0.468 e. The van der Waals surface area contributed by atoms with Crippen molar-refractivity contribution in [2.24, 2.45) is 5.92 Å². The Morgan fingerprint density at radius 3 is 2.50 bits per heavy atom. The highest BCUT2D eigenvalue weighted by molar-refractivity contribution is 5.74. The fourth-order valence-corrected chi connectivity index (χ4v) is 0.229. The van der Waals surface area contributed by atoms with Crippen molar-refractivity contribution in [2.75, 3.05) is 7.11 Å². The molecule has 0 heterocycles. The topological polar surface area (TPSA) is 50.1 Å². The van der Waals surface area contributed by atoms with Crippen molar-refractivity contribution >= 4 is 5.97 Å². The number of nitrogens with zero attached hydrogens (tertiary/aromatic N) is 1. The molecule has 0 bridgehead atoms. The van der Waals surface area contributed by atoms with Crippen LogP contribution in [0.4, 0.5) is 0 Å². The van der Waals surface area contributed by atoms with Gasteiger partial charge in [0.25, 0.3) is 0 Å². The zero-order valence-electron chi connectivity index (χ0n) is 4.84. The molecule has 0 aliphatic rings. The highest BCUT2D eigenvalue weighted by Crippen LogP contribution is 1.92. The Hall–Kier alpha value is -1.04. The van der Waals surface area contributed by atoms with Gasteiger partial charge >= 0.3 is 5.97 Å². The van der Waals surface area contributed by atoms with Gasteiger partial charge in [0.1, 0.15) is 5.92 Å². The quantitative estimate of drug-likeness (QED) is 0.460. The molecular formula is C5H7NO2. The van der Waals surface area contributed by atoms with Gasteiger partial charge in [0.05, 0.1) is 13.2 Å². The van der Waals surface area contributed by atoms with E-state index in [1.54, 1.807) is 6.07 Å². The van der Waals surface area contributed by atoms with E-state index in [1.165, 1.54) is 14.0 Å². The van der Waals surface area contributed by atoms with Gasteiger partial charge in [-0.25, -0.2) is 0 Å². The van der Waals surface area contributed by atoms with Crippen molar-refractivity contribution in [3.05, 3.63) is 0 Å². The van der Waals surface area contributed by atoms with Crippen molar-refractivity contribution in [1.29, 1.82) is 5.26 Å². The van der Waals surface area contributed by atoms with Gasteiger partial charge in [-0.05, 0) is 6.92 Å². The summed E-state index contributed by atoms with van der Waals surface area (Å²) in [6.07, 6.45) is 0. The van der Waals surface area contributed by atoms with Crippen LogP contribution in [-0.4, -0.2) is 13.1 Å². The molecule has 1 atom stereocenters. The molecule has 0 aromatic heterocycles. The van der Waals surface area contributed by atoms with E-state index in [-0.39, 0.29) is 0 Å². The summed E-state index contributed by atoms with van der Waals surface area (Å²) < 4.78 is 4.24. The van der Waals surface area contributed by atoms with Gasteiger partial charge in [0.15, 0.2) is 0 Å². The van der Waals surface area contributed by atoms with E-state index in [0.717, 1.165) is 0 Å². The number of carbonyl (C=O) groups is 1.